The van der Waals surface area contributed by atoms with Crippen LogP contribution in [0.5, 0.6) is 0 Å². The Morgan fingerprint density at radius 2 is 2.19 bits per heavy atom. The summed E-state index contributed by atoms with van der Waals surface area (Å²) in [4.78, 5) is 25.9. The van der Waals surface area contributed by atoms with Crippen LogP contribution in [0.3, 0.4) is 0 Å². The smallest absolute Gasteiger partial charge is 0.358 e. The Bertz CT molecular complexity index is 660. The topological polar surface area (TPSA) is 101 Å². The quantitative estimate of drug-likeness (QED) is 0.900. The van der Waals surface area contributed by atoms with Crippen LogP contribution in [0.4, 0.5) is 4.39 Å². The lowest BCUT2D eigenvalue weighted by atomic mass is 9.84. The zero-order chi connectivity index (χ0) is 15.7. The van der Waals surface area contributed by atoms with Crippen molar-refractivity contribution < 1.29 is 27.5 Å². The molecular formula is C13H14FNO5S. The molecule has 0 amide bonds. The van der Waals surface area contributed by atoms with Crippen LogP contribution in [0.15, 0.2) is 29.4 Å². The number of hydrogen-bond donors (Lipinski definition) is 1. The monoisotopic (exact) mass is 315 g/mol. The second kappa shape index (κ2) is 5.51. The van der Waals surface area contributed by atoms with Gasteiger partial charge in [-0.2, -0.15) is 0 Å². The number of carbonyl (C=O) groups is 2. The minimum absolute atomic E-state index is 0.0357. The van der Waals surface area contributed by atoms with Gasteiger partial charge in [-0.05, 0) is 25.0 Å². The van der Waals surface area contributed by atoms with E-state index in [9.17, 15) is 23.1 Å². The highest BCUT2D eigenvalue weighted by Gasteiger charge is 2.59. The molecule has 1 heterocycles. The zero-order valence-corrected chi connectivity index (χ0v) is 11.8. The van der Waals surface area contributed by atoms with E-state index in [4.69, 9.17) is 0 Å². The molecule has 6 nitrogen and oxygen atoms in total. The molecule has 0 aromatic carbocycles. The van der Waals surface area contributed by atoms with Gasteiger partial charge in [-0.15, -0.1) is 0 Å². The largest absolute Gasteiger partial charge is 0.478 e. The van der Waals surface area contributed by atoms with Gasteiger partial charge in [-0.25, -0.2) is 17.6 Å². The number of ketones is 1. The third kappa shape index (κ3) is 2.55. The molecule has 1 saturated carbocycles. The number of carboxylic acid groups (broad SMARTS) is 1. The lowest BCUT2D eigenvalue weighted by Crippen LogP contribution is -2.50. The molecule has 8 heteroatoms. The zero-order valence-electron chi connectivity index (χ0n) is 11.0. The second-order valence-electron chi connectivity index (χ2n) is 4.97. The Morgan fingerprint density at radius 1 is 1.48 bits per heavy atom. The van der Waals surface area contributed by atoms with Crippen LogP contribution in [-0.2, 0) is 19.4 Å². The van der Waals surface area contributed by atoms with Crippen molar-refractivity contribution in [2.75, 3.05) is 0 Å². The average molecular weight is 315 g/mol. The van der Waals surface area contributed by atoms with Crippen LogP contribution >= 0.6 is 0 Å². The van der Waals surface area contributed by atoms with Crippen molar-refractivity contribution >= 4 is 21.6 Å². The molecule has 2 atom stereocenters. The van der Waals surface area contributed by atoms with Crippen molar-refractivity contribution in [3.63, 3.8) is 0 Å². The normalized spacial score (nSPS) is 22.5. The van der Waals surface area contributed by atoms with Crippen molar-refractivity contribution in [2.24, 2.45) is 5.92 Å². The Hall–Kier alpha value is -1.83. The van der Waals surface area contributed by atoms with Gasteiger partial charge in [-0.3, -0.25) is 9.78 Å². The first-order chi connectivity index (χ1) is 9.80. The van der Waals surface area contributed by atoms with Gasteiger partial charge in [0.15, 0.2) is 0 Å². The molecule has 2 unspecified atom stereocenters. The van der Waals surface area contributed by atoms with Crippen LogP contribution in [0.1, 0.15) is 25.7 Å². The standard InChI is InChI=1S/C13H14FNO5S/c14-13(12(17)18,9-3-1-4-10(16)7-9)21(19,20)11-5-2-6-15-8-11/h2,5-6,8-9H,1,3-4,7H2,(H,17,18). The first kappa shape index (κ1) is 15.6. The lowest BCUT2D eigenvalue weighted by Gasteiger charge is -2.31. The Morgan fingerprint density at radius 3 is 2.71 bits per heavy atom. The molecule has 1 N–H and O–H groups in total. The number of aliphatic carboxylic acids is 1. The van der Waals surface area contributed by atoms with Gasteiger partial charge in [0.05, 0.1) is 4.90 Å². The summed E-state index contributed by atoms with van der Waals surface area (Å²) in [6.07, 6.45) is 2.35. The summed E-state index contributed by atoms with van der Waals surface area (Å²) < 4.78 is 39.9. The first-order valence-corrected chi connectivity index (χ1v) is 7.87. The fourth-order valence-corrected chi connectivity index (χ4v) is 4.20. The summed E-state index contributed by atoms with van der Waals surface area (Å²) in [5.74, 6) is -3.80. The molecule has 1 aromatic heterocycles. The van der Waals surface area contributed by atoms with Crippen LogP contribution < -0.4 is 0 Å². The Kier molecular flexibility index (Phi) is 4.08. The number of hydrogen-bond acceptors (Lipinski definition) is 5. The number of Topliss-reactive ketones (excluding diaryl/α,β-unsaturated/α-hetero) is 1. The Labute approximate surface area is 120 Å². The number of carboxylic acids is 1. The molecule has 21 heavy (non-hydrogen) atoms. The fourth-order valence-electron chi connectivity index (χ4n) is 2.53. The minimum atomic E-state index is -4.80. The number of sulfone groups is 1. The van der Waals surface area contributed by atoms with Crippen LogP contribution in [-0.4, -0.2) is 35.3 Å². The number of pyridine rings is 1. The fraction of sp³-hybridized carbons (Fsp3) is 0.462. The molecule has 1 aliphatic rings. The molecular weight excluding hydrogens is 301 g/mol. The average Bonchev–Trinajstić information content (AvgIpc) is 2.46. The molecule has 0 aliphatic heterocycles. The predicted molar refractivity (Wildman–Crippen MR) is 69.9 cm³/mol. The maximum Gasteiger partial charge on any atom is 0.358 e. The predicted octanol–water partition coefficient (Wildman–Crippen LogP) is 1.37. The molecule has 2 rings (SSSR count). The van der Waals surface area contributed by atoms with E-state index in [0.29, 0.717) is 0 Å². The summed E-state index contributed by atoms with van der Waals surface area (Å²) >= 11 is 0. The molecule has 0 spiro atoms. The van der Waals surface area contributed by atoms with Crippen molar-refractivity contribution in [3.05, 3.63) is 24.5 Å². The van der Waals surface area contributed by atoms with E-state index in [-0.39, 0.29) is 31.5 Å². The number of rotatable bonds is 4. The van der Waals surface area contributed by atoms with Crippen LogP contribution in [0.2, 0.25) is 0 Å². The van der Waals surface area contributed by atoms with Gasteiger partial charge >= 0.3 is 11.0 Å². The van der Waals surface area contributed by atoms with E-state index >= 15 is 4.39 Å². The highest BCUT2D eigenvalue weighted by molar-refractivity contribution is 7.93. The Balaban J connectivity index is 2.52. The van der Waals surface area contributed by atoms with E-state index in [2.05, 4.69) is 4.98 Å². The molecule has 1 fully saturated rings. The summed E-state index contributed by atoms with van der Waals surface area (Å²) in [6.45, 7) is 0. The molecule has 1 aromatic rings. The maximum absolute atomic E-state index is 15.1. The molecule has 0 saturated heterocycles. The maximum atomic E-state index is 15.1. The van der Waals surface area contributed by atoms with Crippen molar-refractivity contribution in [3.8, 4) is 0 Å². The summed E-state index contributed by atoms with van der Waals surface area (Å²) in [7, 11) is -4.80. The van der Waals surface area contributed by atoms with Crippen LogP contribution in [0.25, 0.3) is 0 Å². The number of nitrogens with zero attached hydrogens (tertiary/aromatic N) is 1. The van der Waals surface area contributed by atoms with Crippen molar-refractivity contribution in [1.29, 1.82) is 0 Å². The van der Waals surface area contributed by atoms with Gasteiger partial charge in [-0.1, -0.05) is 0 Å². The van der Waals surface area contributed by atoms with Crippen molar-refractivity contribution in [1.82, 2.24) is 4.98 Å². The van der Waals surface area contributed by atoms with Gasteiger partial charge in [0, 0.05) is 31.2 Å². The SMILES string of the molecule is O=C1CCCC(C(F)(C(=O)O)S(=O)(=O)c2cccnc2)C1. The van der Waals surface area contributed by atoms with Gasteiger partial charge in [0.25, 0.3) is 0 Å². The number of alkyl halides is 1. The van der Waals surface area contributed by atoms with Crippen molar-refractivity contribution in [2.45, 2.75) is 35.6 Å². The molecule has 0 bridgehead atoms. The van der Waals surface area contributed by atoms with E-state index in [0.717, 1.165) is 12.3 Å². The second-order valence-corrected chi connectivity index (χ2v) is 7.05. The first-order valence-electron chi connectivity index (χ1n) is 6.39. The highest BCUT2D eigenvalue weighted by atomic mass is 32.2. The van der Waals surface area contributed by atoms with E-state index < -0.39 is 31.6 Å². The van der Waals surface area contributed by atoms with E-state index in [1.165, 1.54) is 12.3 Å². The van der Waals surface area contributed by atoms with Gasteiger partial charge < -0.3 is 5.11 Å². The summed E-state index contributed by atoms with van der Waals surface area (Å²) in [5.41, 5.74) is 0. The third-order valence-electron chi connectivity index (χ3n) is 3.63. The number of halogens is 1. The molecule has 114 valence electrons. The summed E-state index contributed by atoms with van der Waals surface area (Å²) in [5, 5.41) is 5.66. The minimum Gasteiger partial charge on any atom is -0.478 e. The van der Waals surface area contributed by atoms with Gasteiger partial charge in [0.1, 0.15) is 5.78 Å². The lowest BCUT2D eigenvalue weighted by molar-refractivity contribution is -0.149. The molecule has 1 aliphatic carbocycles. The third-order valence-corrected chi connectivity index (χ3v) is 5.79. The van der Waals surface area contributed by atoms with Gasteiger partial charge in [0.2, 0.25) is 9.84 Å². The van der Waals surface area contributed by atoms with E-state index in [1.807, 2.05) is 0 Å². The highest BCUT2D eigenvalue weighted by Crippen LogP contribution is 2.41. The molecule has 0 radical (unpaired) electrons. The van der Waals surface area contributed by atoms with Crippen LogP contribution in [0, 0.1) is 5.92 Å². The number of carbonyl (C=O) groups excluding carboxylic acids is 1. The summed E-state index contributed by atoms with van der Waals surface area (Å²) in [6, 6.07) is 2.37. The number of aromatic nitrogens is 1. The van der Waals surface area contributed by atoms with E-state index in [1.54, 1.807) is 0 Å².